The van der Waals surface area contributed by atoms with Gasteiger partial charge in [-0.1, -0.05) is 19.1 Å². The molecule has 0 aliphatic heterocycles. The lowest BCUT2D eigenvalue weighted by Gasteiger charge is -2.09. The minimum Gasteiger partial charge on any atom is -0.292 e. The van der Waals surface area contributed by atoms with Gasteiger partial charge in [-0.3, -0.25) is 9.36 Å². The van der Waals surface area contributed by atoms with Crippen molar-refractivity contribution in [1.82, 2.24) is 9.55 Å². The second-order valence-corrected chi connectivity index (χ2v) is 4.36. The third-order valence-electron chi connectivity index (χ3n) is 3.02. The Kier molecular flexibility index (Phi) is 3.92. The first-order chi connectivity index (χ1) is 8.74. The molecule has 2 rings (SSSR count). The van der Waals surface area contributed by atoms with Gasteiger partial charge in [-0.25, -0.2) is 4.98 Å². The molecule has 0 N–H and O–H groups in total. The Morgan fingerprint density at radius 2 is 2.11 bits per heavy atom. The minimum atomic E-state index is 0.0190. The maximum absolute atomic E-state index is 11.9. The number of aromatic nitrogens is 2. The largest absolute Gasteiger partial charge is 0.292 e. The van der Waals surface area contributed by atoms with Gasteiger partial charge in [0.25, 0.3) is 5.56 Å². The van der Waals surface area contributed by atoms with Crippen molar-refractivity contribution in [2.24, 2.45) is 0 Å². The normalized spacial score (nSPS) is 11.4. The molecule has 94 valence electrons. The standard InChI is InChI=1S/C15H18N2O/c1-3-4-5-6-11-17-14(18)8-7-13-12(2)9-10-16-15(13)17/h4-5,7-10H,3,6,11H2,1-2H3. The van der Waals surface area contributed by atoms with E-state index >= 15 is 0 Å². The van der Waals surface area contributed by atoms with Crippen molar-refractivity contribution in [2.45, 2.75) is 33.2 Å². The van der Waals surface area contributed by atoms with E-state index in [1.165, 1.54) is 0 Å². The van der Waals surface area contributed by atoms with Crippen LogP contribution in [0.1, 0.15) is 25.3 Å². The van der Waals surface area contributed by atoms with Crippen LogP contribution in [0.15, 0.2) is 41.3 Å². The lowest BCUT2D eigenvalue weighted by Crippen LogP contribution is -2.20. The summed E-state index contributed by atoms with van der Waals surface area (Å²) < 4.78 is 1.75. The van der Waals surface area contributed by atoms with Crippen molar-refractivity contribution < 1.29 is 0 Å². The van der Waals surface area contributed by atoms with E-state index in [9.17, 15) is 4.79 Å². The van der Waals surface area contributed by atoms with Crippen LogP contribution in [-0.2, 0) is 6.54 Å². The average molecular weight is 242 g/mol. The molecule has 2 aromatic rings. The van der Waals surface area contributed by atoms with Crippen LogP contribution in [0.2, 0.25) is 0 Å². The summed E-state index contributed by atoms with van der Waals surface area (Å²) in [5, 5.41) is 1.05. The second-order valence-electron chi connectivity index (χ2n) is 4.36. The van der Waals surface area contributed by atoms with Crippen LogP contribution in [0.4, 0.5) is 0 Å². The van der Waals surface area contributed by atoms with Gasteiger partial charge in [-0.05, 0) is 37.5 Å². The quantitative estimate of drug-likeness (QED) is 0.772. The highest BCUT2D eigenvalue weighted by atomic mass is 16.1. The van der Waals surface area contributed by atoms with Crippen molar-refractivity contribution in [3.8, 4) is 0 Å². The van der Waals surface area contributed by atoms with Crippen molar-refractivity contribution >= 4 is 11.0 Å². The van der Waals surface area contributed by atoms with Crippen molar-refractivity contribution in [1.29, 1.82) is 0 Å². The van der Waals surface area contributed by atoms with E-state index < -0.39 is 0 Å². The van der Waals surface area contributed by atoms with Gasteiger partial charge in [0, 0.05) is 24.2 Å². The lowest BCUT2D eigenvalue weighted by atomic mass is 10.2. The SMILES string of the molecule is CCC=CCCn1c(=O)ccc2c(C)ccnc21. The van der Waals surface area contributed by atoms with Crippen LogP contribution >= 0.6 is 0 Å². The van der Waals surface area contributed by atoms with Gasteiger partial charge in [-0.2, -0.15) is 0 Å². The molecule has 0 atom stereocenters. The number of aryl methyl sites for hydroxylation is 2. The summed E-state index contributed by atoms with van der Waals surface area (Å²) >= 11 is 0. The van der Waals surface area contributed by atoms with Crippen LogP contribution in [0.5, 0.6) is 0 Å². The molecule has 0 aliphatic carbocycles. The molecule has 0 aromatic carbocycles. The summed E-state index contributed by atoms with van der Waals surface area (Å²) in [5.74, 6) is 0. The summed E-state index contributed by atoms with van der Waals surface area (Å²) in [7, 11) is 0. The highest BCUT2D eigenvalue weighted by Crippen LogP contribution is 2.13. The molecule has 3 nitrogen and oxygen atoms in total. The number of fused-ring (bicyclic) bond motifs is 1. The van der Waals surface area contributed by atoms with Gasteiger partial charge >= 0.3 is 0 Å². The maximum atomic E-state index is 11.9. The van der Waals surface area contributed by atoms with E-state index in [2.05, 4.69) is 24.1 Å². The molecule has 0 unspecified atom stereocenters. The smallest absolute Gasteiger partial charge is 0.252 e. The summed E-state index contributed by atoms with van der Waals surface area (Å²) in [6.07, 6.45) is 7.88. The summed E-state index contributed by atoms with van der Waals surface area (Å²) in [4.78, 5) is 16.2. The zero-order chi connectivity index (χ0) is 13.0. The number of hydrogen-bond acceptors (Lipinski definition) is 2. The number of allylic oxidation sites excluding steroid dienone is 2. The molecular weight excluding hydrogens is 224 g/mol. The van der Waals surface area contributed by atoms with Gasteiger partial charge in [0.05, 0.1) is 0 Å². The first kappa shape index (κ1) is 12.6. The fourth-order valence-electron chi connectivity index (χ4n) is 2.03. The second kappa shape index (κ2) is 5.63. The van der Waals surface area contributed by atoms with E-state index in [-0.39, 0.29) is 5.56 Å². The highest BCUT2D eigenvalue weighted by molar-refractivity contribution is 5.78. The Morgan fingerprint density at radius 3 is 2.89 bits per heavy atom. The first-order valence-corrected chi connectivity index (χ1v) is 6.34. The monoisotopic (exact) mass is 242 g/mol. The molecule has 0 amide bonds. The van der Waals surface area contributed by atoms with Crippen LogP contribution in [0.3, 0.4) is 0 Å². The van der Waals surface area contributed by atoms with Gasteiger partial charge in [0.2, 0.25) is 0 Å². The van der Waals surface area contributed by atoms with Gasteiger partial charge < -0.3 is 0 Å². The van der Waals surface area contributed by atoms with Crippen LogP contribution in [0, 0.1) is 6.92 Å². The number of pyridine rings is 2. The summed E-state index contributed by atoms with van der Waals surface area (Å²) in [6.45, 7) is 4.82. The van der Waals surface area contributed by atoms with Crippen molar-refractivity contribution in [3.05, 3.63) is 52.5 Å². The van der Waals surface area contributed by atoms with Crippen LogP contribution < -0.4 is 5.56 Å². The van der Waals surface area contributed by atoms with E-state index in [1.54, 1.807) is 16.8 Å². The molecule has 0 spiro atoms. The summed E-state index contributed by atoms with van der Waals surface area (Å²) in [5.41, 5.74) is 1.95. The number of hydrogen-bond donors (Lipinski definition) is 0. The Labute approximate surface area is 107 Å². The zero-order valence-corrected chi connectivity index (χ0v) is 10.9. The van der Waals surface area contributed by atoms with Gasteiger partial charge in [-0.15, -0.1) is 0 Å². The molecule has 0 aliphatic rings. The molecule has 0 saturated heterocycles. The Balaban J connectivity index is 2.42. The topological polar surface area (TPSA) is 34.9 Å². The molecule has 0 bridgehead atoms. The fourth-order valence-corrected chi connectivity index (χ4v) is 2.03. The predicted octanol–water partition coefficient (Wildman–Crippen LogP) is 3.06. The Hall–Kier alpha value is -1.90. The van der Waals surface area contributed by atoms with Gasteiger partial charge in [0.1, 0.15) is 5.65 Å². The molecular formula is C15H18N2O. The Bertz CT molecular complexity index is 626. The minimum absolute atomic E-state index is 0.0190. The zero-order valence-electron chi connectivity index (χ0n) is 10.9. The molecule has 0 saturated carbocycles. The maximum Gasteiger partial charge on any atom is 0.252 e. The van der Waals surface area contributed by atoms with E-state index in [0.717, 1.165) is 29.4 Å². The van der Waals surface area contributed by atoms with Crippen molar-refractivity contribution in [2.75, 3.05) is 0 Å². The van der Waals surface area contributed by atoms with Crippen LogP contribution in [-0.4, -0.2) is 9.55 Å². The van der Waals surface area contributed by atoms with E-state index in [0.29, 0.717) is 6.54 Å². The number of nitrogens with zero attached hydrogens (tertiary/aromatic N) is 2. The lowest BCUT2D eigenvalue weighted by molar-refractivity contribution is 0.700. The molecule has 0 fully saturated rings. The predicted molar refractivity (Wildman–Crippen MR) is 74.8 cm³/mol. The third kappa shape index (κ3) is 2.50. The molecule has 2 aromatic heterocycles. The van der Waals surface area contributed by atoms with Crippen molar-refractivity contribution in [3.63, 3.8) is 0 Å². The van der Waals surface area contributed by atoms with E-state index in [4.69, 9.17) is 0 Å². The van der Waals surface area contributed by atoms with Crippen LogP contribution in [0.25, 0.3) is 11.0 Å². The average Bonchev–Trinajstić information content (AvgIpc) is 2.37. The molecule has 2 heterocycles. The third-order valence-corrected chi connectivity index (χ3v) is 3.02. The fraction of sp³-hybridized carbons (Fsp3) is 0.333. The first-order valence-electron chi connectivity index (χ1n) is 6.34. The van der Waals surface area contributed by atoms with E-state index in [1.807, 2.05) is 19.1 Å². The highest BCUT2D eigenvalue weighted by Gasteiger charge is 2.04. The summed E-state index contributed by atoms with van der Waals surface area (Å²) in [6, 6.07) is 5.45. The molecule has 18 heavy (non-hydrogen) atoms. The number of rotatable bonds is 4. The Morgan fingerprint density at radius 1 is 1.28 bits per heavy atom. The molecule has 0 radical (unpaired) electrons. The molecule has 3 heteroatoms. The van der Waals surface area contributed by atoms with Gasteiger partial charge in [0.15, 0.2) is 0 Å².